The summed E-state index contributed by atoms with van der Waals surface area (Å²) in [5.74, 6) is 0.719. The summed E-state index contributed by atoms with van der Waals surface area (Å²) in [7, 11) is 0. The van der Waals surface area contributed by atoms with E-state index in [1.165, 1.54) is 6.20 Å². The number of anilines is 1. The average molecular weight is 350 g/mol. The summed E-state index contributed by atoms with van der Waals surface area (Å²) in [6, 6.07) is 5.46. The molecule has 6 nitrogen and oxygen atoms in total. The zero-order valence-corrected chi connectivity index (χ0v) is 15.1. The van der Waals surface area contributed by atoms with E-state index in [0.717, 1.165) is 26.2 Å². The Morgan fingerprint density at radius 1 is 1.25 bits per heavy atom. The van der Waals surface area contributed by atoms with Crippen LogP contribution in [0.4, 0.5) is 5.82 Å². The van der Waals surface area contributed by atoms with Crippen molar-refractivity contribution in [1.82, 2.24) is 14.8 Å². The van der Waals surface area contributed by atoms with Crippen molar-refractivity contribution in [2.45, 2.75) is 32.9 Å². The fraction of sp³-hybridized carbons (Fsp3) is 0.588. The van der Waals surface area contributed by atoms with Gasteiger partial charge >= 0.3 is 0 Å². The monoisotopic (exact) mass is 349 g/mol. The predicted molar refractivity (Wildman–Crippen MR) is 94.7 cm³/mol. The summed E-state index contributed by atoms with van der Waals surface area (Å²) in [4.78, 5) is 20.8. The summed E-state index contributed by atoms with van der Waals surface area (Å²) >= 11 is 5.79. The van der Waals surface area contributed by atoms with E-state index in [4.69, 9.17) is 11.6 Å². The fourth-order valence-corrected chi connectivity index (χ4v) is 3.01. The van der Waals surface area contributed by atoms with Gasteiger partial charge in [-0.05, 0) is 25.0 Å². The quantitative estimate of drug-likeness (QED) is 0.882. The molecule has 0 saturated carbocycles. The van der Waals surface area contributed by atoms with Gasteiger partial charge in [0.25, 0.3) is 0 Å². The number of hydrogen-bond donors (Lipinski definition) is 1. The van der Waals surface area contributed by atoms with Crippen LogP contribution in [0.15, 0.2) is 18.3 Å². The molecular formula is C17H24ClN5O. The van der Waals surface area contributed by atoms with E-state index in [0.29, 0.717) is 16.8 Å². The first-order valence-electron chi connectivity index (χ1n) is 8.22. The molecule has 0 spiro atoms. The largest absolute Gasteiger partial charge is 0.309 e. The third-order valence-electron chi connectivity index (χ3n) is 4.41. The maximum Gasteiger partial charge on any atom is 0.242 e. The third-order valence-corrected chi connectivity index (χ3v) is 4.64. The molecule has 0 radical (unpaired) electrons. The molecule has 1 N–H and O–H groups in total. The lowest BCUT2D eigenvalue weighted by Crippen LogP contribution is -2.55. The summed E-state index contributed by atoms with van der Waals surface area (Å²) in [6.45, 7) is 9.16. The first-order valence-corrected chi connectivity index (χ1v) is 8.60. The molecule has 0 aromatic carbocycles. The standard InChI is InChI=1S/C17H24ClN5O/c1-12(2)15(10-19)23-8-6-22(7-9-23)13(3)17(24)21-16-5-4-14(18)11-20-16/h4-5,11-13,15H,6-9H2,1-3H3,(H,20,21,24)/t13-,15-/m0/s1. The Morgan fingerprint density at radius 3 is 2.38 bits per heavy atom. The van der Waals surface area contributed by atoms with E-state index in [1.54, 1.807) is 12.1 Å². The maximum absolute atomic E-state index is 12.4. The van der Waals surface area contributed by atoms with Crippen molar-refractivity contribution >= 4 is 23.3 Å². The second-order valence-corrected chi connectivity index (χ2v) is 6.85. The van der Waals surface area contributed by atoms with Gasteiger partial charge in [0.05, 0.1) is 17.1 Å². The molecule has 2 atom stereocenters. The Labute approximate surface area is 148 Å². The summed E-state index contributed by atoms with van der Waals surface area (Å²) in [5.41, 5.74) is 0. The van der Waals surface area contributed by atoms with E-state index in [1.807, 2.05) is 6.92 Å². The molecule has 1 amide bonds. The first kappa shape index (κ1) is 18.7. The minimum atomic E-state index is -0.246. The molecule has 2 rings (SSSR count). The van der Waals surface area contributed by atoms with Gasteiger partial charge in [0.1, 0.15) is 11.9 Å². The van der Waals surface area contributed by atoms with Crippen molar-refractivity contribution < 1.29 is 4.79 Å². The second-order valence-electron chi connectivity index (χ2n) is 6.42. The second kappa shape index (κ2) is 8.43. The highest BCUT2D eigenvalue weighted by Crippen LogP contribution is 2.16. The molecule has 24 heavy (non-hydrogen) atoms. The minimum absolute atomic E-state index is 0.0606. The van der Waals surface area contributed by atoms with E-state index in [9.17, 15) is 10.1 Å². The Hall–Kier alpha value is -1.68. The Balaban J connectivity index is 1.88. The number of nitrogens with zero attached hydrogens (tertiary/aromatic N) is 4. The van der Waals surface area contributed by atoms with Gasteiger partial charge in [-0.25, -0.2) is 4.98 Å². The number of piperazine rings is 1. The van der Waals surface area contributed by atoms with Crippen molar-refractivity contribution in [3.8, 4) is 6.07 Å². The van der Waals surface area contributed by atoms with Crippen LogP contribution in [0.5, 0.6) is 0 Å². The highest BCUT2D eigenvalue weighted by Gasteiger charge is 2.29. The number of aromatic nitrogens is 1. The van der Waals surface area contributed by atoms with E-state index < -0.39 is 0 Å². The number of nitriles is 1. The number of amides is 1. The van der Waals surface area contributed by atoms with Gasteiger partial charge in [-0.15, -0.1) is 0 Å². The Kier molecular flexibility index (Phi) is 6.55. The van der Waals surface area contributed by atoms with Crippen LogP contribution in [-0.4, -0.2) is 59.0 Å². The zero-order chi connectivity index (χ0) is 17.7. The number of carbonyl (C=O) groups is 1. The topological polar surface area (TPSA) is 72.3 Å². The number of hydrogen-bond acceptors (Lipinski definition) is 5. The highest BCUT2D eigenvalue weighted by molar-refractivity contribution is 6.30. The molecule has 1 saturated heterocycles. The molecule has 0 aliphatic carbocycles. The van der Waals surface area contributed by atoms with Gasteiger partial charge in [0.15, 0.2) is 0 Å². The van der Waals surface area contributed by atoms with Crippen molar-refractivity contribution in [3.63, 3.8) is 0 Å². The molecule has 1 aliphatic rings. The van der Waals surface area contributed by atoms with Crippen LogP contribution in [0.1, 0.15) is 20.8 Å². The van der Waals surface area contributed by atoms with Crippen LogP contribution < -0.4 is 5.32 Å². The van der Waals surface area contributed by atoms with Gasteiger partial charge in [-0.2, -0.15) is 5.26 Å². The van der Waals surface area contributed by atoms with Crippen LogP contribution in [0.2, 0.25) is 5.02 Å². The van der Waals surface area contributed by atoms with Crippen LogP contribution in [0.25, 0.3) is 0 Å². The van der Waals surface area contributed by atoms with E-state index in [-0.39, 0.29) is 18.0 Å². The highest BCUT2D eigenvalue weighted by atomic mass is 35.5. The number of rotatable bonds is 5. The third kappa shape index (κ3) is 4.67. The Bertz CT molecular complexity index is 590. The van der Waals surface area contributed by atoms with E-state index >= 15 is 0 Å². The van der Waals surface area contributed by atoms with Crippen molar-refractivity contribution in [1.29, 1.82) is 5.26 Å². The van der Waals surface area contributed by atoms with Crippen LogP contribution in [-0.2, 0) is 4.79 Å². The van der Waals surface area contributed by atoms with Crippen molar-refractivity contribution in [2.24, 2.45) is 5.92 Å². The molecule has 2 heterocycles. The lowest BCUT2D eigenvalue weighted by atomic mass is 10.0. The molecular weight excluding hydrogens is 326 g/mol. The Morgan fingerprint density at radius 2 is 1.88 bits per heavy atom. The fourth-order valence-electron chi connectivity index (χ4n) is 2.90. The summed E-state index contributed by atoms with van der Waals surface area (Å²) in [6.07, 6.45) is 1.51. The summed E-state index contributed by atoms with van der Waals surface area (Å²) in [5, 5.41) is 12.7. The molecule has 7 heteroatoms. The molecule has 0 unspecified atom stereocenters. The summed E-state index contributed by atoms with van der Waals surface area (Å²) < 4.78 is 0. The molecule has 1 aromatic rings. The normalized spacial score (nSPS) is 18.8. The molecule has 0 bridgehead atoms. The van der Waals surface area contributed by atoms with Crippen LogP contribution in [0, 0.1) is 17.2 Å². The minimum Gasteiger partial charge on any atom is -0.309 e. The predicted octanol–water partition coefficient (Wildman–Crippen LogP) is 2.23. The van der Waals surface area contributed by atoms with Crippen LogP contribution in [0.3, 0.4) is 0 Å². The van der Waals surface area contributed by atoms with Crippen molar-refractivity contribution in [3.05, 3.63) is 23.4 Å². The molecule has 130 valence electrons. The maximum atomic E-state index is 12.4. The molecule has 1 aromatic heterocycles. The van der Waals surface area contributed by atoms with Gasteiger partial charge in [0.2, 0.25) is 5.91 Å². The van der Waals surface area contributed by atoms with Crippen LogP contribution >= 0.6 is 11.6 Å². The van der Waals surface area contributed by atoms with Gasteiger partial charge in [-0.1, -0.05) is 25.4 Å². The molecule has 1 aliphatic heterocycles. The smallest absolute Gasteiger partial charge is 0.242 e. The van der Waals surface area contributed by atoms with Crippen molar-refractivity contribution in [2.75, 3.05) is 31.5 Å². The van der Waals surface area contributed by atoms with E-state index in [2.05, 4.69) is 40.0 Å². The lowest BCUT2D eigenvalue weighted by Gasteiger charge is -2.40. The SMILES string of the molecule is CC(C)[C@H](C#N)N1CCN([C@@H](C)C(=O)Nc2ccc(Cl)cn2)CC1. The average Bonchev–Trinajstić information content (AvgIpc) is 2.57. The zero-order valence-electron chi connectivity index (χ0n) is 14.4. The number of halogens is 1. The van der Waals surface area contributed by atoms with Gasteiger partial charge in [0, 0.05) is 32.4 Å². The van der Waals surface area contributed by atoms with Gasteiger partial charge < -0.3 is 5.32 Å². The number of pyridine rings is 1. The lowest BCUT2D eigenvalue weighted by molar-refractivity contribution is -0.121. The number of nitrogens with one attached hydrogen (secondary N) is 1. The number of carbonyl (C=O) groups excluding carboxylic acids is 1. The first-order chi connectivity index (χ1) is 11.4. The van der Waals surface area contributed by atoms with Gasteiger partial charge in [-0.3, -0.25) is 14.6 Å². The molecule has 1 fully saturated rings.